The van der Waals surface area contributed by atoms with Crippen molar-refractivity contribution in [1.29, 1.82) is 0 Å². The van der Waals surface area contributed by atoms with Gasteiger partial charge in [-0.3, -0.25) is 5.10 Å². The molecule has 2 aromatic rings. The van der Waals surface area contributed by atoms with Crippen molar-refractivity contribution in [3.05, 3.63) is 41.0 Å². The van der Waals surface area contributed by atoms with Crippen LogP contribution in [0, 0.1) is 16.7 Å². The molecule has 2 amide bonds. The minimum atomic E-state index is -4.61. The summed E-state index contributed by atoms with van der Waals surface area (Å²) in [5, 5.41) is 17.4. The maximum Gasteiger partial charge on any atom is 0.416 e. The summed E-state index contributed by atoms with van der Waals surface area (Å²) >= 11 is 0. The quantitative estimate of drug-likeness (QED) is 0.560. The van der Waals surface area contributed by atoms with Crippen LogP contribution in [-0.4, -0.2) is 77.0 Å². The number of rotatable bonds is 5. The summed E-state index contributed by atoms with van der Waals surface area (Å²) in [4.78, 5) is 21.0. The van der Waals surface area contributed by atoms with Crippen LogP contribution in [-0.2, 0) is 28.0 Å². The second-order valence-electron chi connectivity index (χ2n) is 13.3. The number of aromatic nitrogens is 3. The van der Waals surface area contributed by atoms with Crippen LogP contribution in [0.2, 0.25) is 0 Å². The second kappa shape index (κ2) is 8.21. The Morgan fingerprint density at radius 2 is 1.65 bits per heavy atom. The van der Waals surface area contributed by atoms with Gasteiger partial charge in [0.05, 0.1) is 10.5 Å². The van der Waals surface area contributed by atoms with Gasteiger partial charge in [0.1, 0.15) is 11.4 Å². The SMILES string of the molecule is CS(=O)(=O)c1cc(CC2CC3(C2)CN(C(=O)N2CC4(CC(c5nc(C6(O)CC6)n[nH]5)C4)C2)C3)cc(C(F)(F)F)c1. The third kappa shape index (κ3) is 4.40. The zero-order chi connectivity index (χ0) is 28.3. The van der Waals surface area contributed by atoms with Gasteiger partial charge in [-0.05, 0) is 74.6 Å². The smallest absolute Gasteiger partial charge is 0.382 e. The molecular formula is C27H32F3N5O4S. The molecule has 3 saturated carbocycles. The fourth-order valence-electron chi connectivity index (χ4n) is 7.50. The van der Waals surface area contributed by atoms with Crippen molar-refractivity contribution in [2.75, 3.05) is 32.4 Å². The van der Waals surface area contributed by atoms with Crippen LogP contribution in [0.4, 0.5) is 18.0 Å². The molecule has 2 saturated heterocycles. The van der Waals surface area contributed by atoms with Crippen molar-refractivity contribution in [2.45, 2.75) is 67.5 Å². The van der Waals surface area contributed by atoms with Gasteiger partial charge in [0.2, 0.25) is 0 Å². The Kier molecular flexibility index (Phi) is 5.38. The summed E-state index contributed by atoms with van der Waals surface area (Å²) in [6.07, 6.45) is 1.65. The molecule has 3 heterocycles. The molecule has 7 rings (SSSR count). The van der Waals surface area contributed by atoms with E-state index in [0.717, 1.165) is 56.9 Å². The highest BCUT2D eigenvalue weighted by molar-refractivity contribution is 7.90. The fraction of sp³-hybridized carbons (Fsp3) is 0.667. The Morgan fingerprint density at radius 1 is 1.05 bits per heavy atom. The van der Waals surface area contributed by atoms with E-state index in [2.05, 4.69) is 15.2 Å². The lowest BCUT2D eigenvalue weighted by Crippen LogP contribution is -2.70. The van der Waals surface area contributed by atoms with E-state index in [9.17, 15) is 31.5 Å². The zero-order valence-corrected chi connectivity index (χ0v) is 23.0. The zero-order valence-electron chi connectivity index (χ0n) is 22.2. The van der Waals surface area contributed by atoms with Gasteiger partial charge in [-0.2, -0.15) is 18.3 Å². The van der Waals surface area contributed by atoms with E-state index in [1.807, 2.05) is 9.80 Å². The number of benzene rings is 1. The highest BCUT2D eigenvalue weighted by Crippen LogP contribution is 2.57. The first-order chi connectivity index (χ1) is 18.6. The summed E-state index contributed by atoms with van der Waals surface area (Å²) in [5.41, 5.74) is -1.22. The van der Waals surface area contributed by atoms with Crippen molar-refractivity contribution in [2.24, 2.45) is 16.7 Å². The van der Waals surface area contributed by atoms with E-state index in [1.165, 1.54) is 6.07 Å². The number of alkyl halides is 3. The van der Waals surface area contributed by atoms with E-state index < -0.39 is 27.2 Å². The lowest BCUT2D eigenvalue weighted by Gasteiger charge is -2.63. The number of sulfone groups is 1. The van der Waals surface area contributed by atoms with Crippen molar-refractivity contribution < 1.29 is 31.5 Å². The van der Waals surface area contributed by atoms with Crippen LogP contribution < -0.4 is 0 Å². The highest BCUT2D eigenvalue weighted by atomic mass is 32.2. The van der Waals surface area contributed by atoms with E-state index in [4.69, 9.17) is 0 Å². The number of urea groups is 1. The number of aromatic amines is 1. The molecular weight excluding hydrogens is 547 g/mol. The van der Waals surface area contributed by atoms with Crippen molar-refractivity contribution in [1.82, 2.24) is 25.0 Å². The maximum atomic E-state index is 13.3. The van der Waals surface area contributed by atoms with Gasteiger partial charge in [-0.15, -0.1) is 0 Å². The normalized spacial score (nSPS) is 24.8. The first-order valence-electron chi connectivity index (χ1n) is 13.7. The monoisotopic (exact) mass is 579 g/mol. The number of halogens is 3. The number of aliphatic hydroxyl groups is 1. The molecule has 2 N–H and O–H groups in total. The number of amides is 2. The Morgan fingerprint density at radius 3 is 2.20 bits per heavy atom. The van der Waals surface area contributed by atoms with Gasteiger partial charge in [-0.25, -0.2) is 18.2 Å². The van der Waals surface area contributed by atoms with Crippen LogP contribution in [0.15, 0.2) is 23.1 Å². The summed E-state index contributed by atoms with van der Waals surface area (Å²) in [5.74, 6) is 1.77. The molecule has 0 bridgehead atoms. The summed E-state index contributed by atoms with van der Waals surface area (Å²) in [7, 11) is -3.76. The maximum absolute atomic E-state index is 13.3. The number of hydrogen-bond donors (Lipinski definition) is 2. The Bertz CT molecular complexity index is 1470. The number of carbonyl (C=O) groups excluding carboxylic acids is 1. The fourth-order valence-corrected chi connectivity index (χ4v) is 8.21. The molecule has 3 aliphatic carbocycles. The second-order valence-corrected chi connectivity index (χ2v) is 15.3. The average molecular weight is 580 g/mol. The molecule has 1 aromatic carbocycles. The van der Waals surface area contributed by atoms with Crippen LogP contribution in [0.5, 0.6) is 0 Å². The first-order valence-corrected chi connectivity index (χ1v) is 15.6. The molecule has 5 aliphatic rings. The Hall–Kier alpha value is -2.67. The summed E-state index contributed by atoms with van der Waals surface area (Å²) in [6.45, 7) is 2.79. The van der Waals surface area contributed by atoms with Crippen molar-refractivity contribution in [3.8, 4) is 0 Å². The lowest BCUT2D eigenvalue weighted by atomic mass is 9.56. The third-order valence-electron chi connectivity index (χ3n) is 9.72. The predicted octanol–water partition coefficient (Wildman–Crippen LogP) is 3.46. The van der Waals surface area contributed by atoms with Crippen molar-refractivity contribution in [3.63, 3.8) is 0 Å². The van der Waals surface area contributed by atoms with E-state index in [-0.39, 0.29) is 33.6 Å². The molecule has 2 spiro atoms. The summed E-state index contributed by atoms with van der Waals surface area (Å²) < 4.78 is 63.9. The standard InChI is InChI=1S/C27H32F3N5O4S/c1-40(38,39)20-6-16(5-19(7-20)27(28,29)30)4-17-8-24(9-17)12-34(13-24)23(36)35-14-25(15-35)10-18(11-25)21-31-22(33-32-21)26(37)2-3-26/h5-7,17-18,37H,2-4,8-15H2,1H3,(H,31,32,33). The van der Waals surface area contributed by atoms with Crippen LogP contribution in [0.1, 0.15) is 67.2 Å². The number of carbonyl (C=O) groups is 1. The van der Waals surface area contributed by atoms with Gasteiger partial charge < -0.3 is 14.9 Å². The summed E-state index contributed by atoms with van der Waals surface area (Å²) in [6, 6.07) is 3.16. The van der Waals surface area contributed by atoms with E-state index >= 15 is 0 Å². The molecule has 2 aliphatic heterocycles. The van der Waals surface area contributed by atoms with Gasteiger partial charge in [0, 0.05) is 49.2 Å². The molecule has 0 radical (unpaired) electrons. The molecule has 216 valence electrons. The molecule has 9 nitrogen and oxygen atoms in total. The van der Waals surface area contributed by atoms with E-state index in [1.54, 1.807) is 0 Å². The topological polar surface area (TPSA) is 119 Å². The van der Waals surface area contributed by atoms with Crippen LogP contribution >= 0.6 is 0 Å². The molecule has 13 heteroatoms. The lowest BCUT2D eigenvalue weighted by molar-refractivity contribution is -0.137. The number of hydrogen-bond acceptors (Lipinski definition) is 6. The minimum absolute atomic E-state index is 0.0291. The molecule has 0 unspecified atom stereocenters. The minimum Gasteiger partial charge on any atom is -0.382 e. The van der Waals surface area contributed by atoms with Gasteiger partial charge >= 0.3 is 12.2 Å². The number of H-pyrrole nitrogens is 1. The van der Waals surface area contributed by atoms with Gasteiger partial charge in [-0.1, -0.05) is 0 Å². The molecule has 0 atom stereocenters. The van der Waals surface area contributed by atoms with Gasteiger partial charge in [0.25, 0.3) is 0 Å². The Balaban J connectivity index is 0.879. The average Bonchev–Trinajstić information content (AvgIpc) is 3.31. The van der Waals surface area contributed by atoms with Crippen LogP contribution in [0.25, 0.3) is 0 Å². The molecule has 1 aromatic heterocycles. The van der Waals surface area contributed by atoms with Gasteiger partial charge in [0.15, 0.2) is 15.7 Å². The Labute approximate surface area is 230 Å². The predicted molar refractivity (Wildman–Crippen MR) is 136 cm³/mol. The van der Waals surface area contributed by atoms with Crippen molar-refractivity contribution >= 4 is 15.9 Å². The molecule has 40 heavy (non-hydrogen) atoms. The number of nitrogens with zero attached hydrogens (tertiary/aromatic N) is 4. The number of nitrogens with one attached hydrogen (secondary N) is 1. The van der Waals surface area contributed by atoms with Crippen LogP contribution in [0.3, 0.4) is 0 Å². The first kappa shape index (κ1) is 26.2. The third-order valence-corrected chi connectivity index (χ3v) is 10.8. The molecule has 5 fully saturated rings. The largest absolute Gasteiger partial charge is 0.416 e. The van der Waals surface area contributed by atoms with E-state index in [0.29, 0.717) is 49.8 Å². The number of likely N-dealkylation sites (tertiary alicyclic amines) is 2. The highest BCUT2D eigenvalue weighted by Gasteiger charge is 2.59.